The molecule has 0 radical (unpaired) electrons. The van der Waals surface area contributed by atoms with Crippen LogP contribution < -0.4 is 15.0 Å². The zero-order valence-corrected chi connectivity index (χ0v) is 16.1. The number of hydrogen-bond donors (Lipinski definition) is 0. The van der Waals surface area contributed by atoms with Gasteiger partial charge >= 0.3 is 0 Å². The van der Waals surface area contributed by atoms with Crippen molar-refractivity contribution in [1.29, 1.82) is 0 Å². The van der Waals surface area contributed by atoms with Crippen LogP contribution in [0.15, 0.2) is 34.4 Å². The fourth-order valence-corrected chi connectivity index (χ4v) is 3.52. The highest BCUT2D eigenvalue weighted by Gasteiger charge is 2.11. The fourth-order valence-electron chi connectivity index (χ4n) is 2.53. The summed E-state index contributed by atoms with van der Waals surface area (Å²) in [6, 6.07) is 5.53. The minimum atomic E-state index is -0.164. The van der Waals surface area contributed by atoms with Crippen molar-refractivity contribution in [1.82, 2.24) is 9.66 Å². The maximum absolute atomic E-state index is 12.7. The van der Waals surface area contributed by atoms with Crippen molar-refractivity contribution >= 4 is 27.8 Å². The molecule has 0 aliphatic heterocycles. The molecule has 0 saturated heterocycles. The van der Waals surface area contributed by atoms with Crippen molar-refractivity contribution in [3.05, 3.63) is 50.9 Å². The molecular formula is C19H21N3O3S. The molecular weight excluding hydrogens is 350 g/mol. The second-order valence-corrected chi connectivity index (χ2v) is 7.06. The standard InChI is InChI=1S/C19H21N3O3S/c1-5-8-25-15-7-6-14(9-16(15)24-4)10-21-22-11-20-18-17(19(22)23)12(2)13(3)26-18/h6-7,9-11H,5,8H2,1-4H3/b21-10+. The third-order valence-electron chi connectivity index (χ3n) is 4.05. The first-order valence-corrected chi connectivity index (χ1v) is 9.19. The highest BCUT2D eigenvalue weighted by Crippen LogP contribution is 2.28. The fraction of sp³-hybridized carbons (Fsp3) is 0.316. The first-order chi connectivity index (χ1) is 12.5. The van der Waals surface area contributed by atoms with E-state index in [4.69, 9.17) is 9.47 Å². The topological polar surface area (TPSA) is 65.7 Å². The highest BCUT2D eigenvalue weighted by molar-refractivity contribution is 7.18. The van der Waals surface area contributed by atoms with Gasteiger partial charge in [-0.2, -0.15) is 9.78 Å². The van der Waals surface area contributed by atoms with Crippen LogP contribution in [0.25, 0.3) is 10.2 Å². The third kappa shape index (κ3) is 3.48. The number of methoxy groups -OCH3 is 1. The van der Waals surface area contributed by atoms with Crippen LogP contribution in [0, 0.1) is 13.8 Å². The Hall–Kier alpha value is -2.67. The number of aromatic nitrogens is 2. The van der Waals surface area contributed by atoms with Crippen molar-refractivity contribution in [2.45, 2.75) is 27.2 Å². The molecule has 0 bridgehead atoms. The van der Waals surface area contributed by atoms with Crippen LogP contribution in [0.2, 0.25) is 0 Å². The molecule has 0 spiro atoms. The number of ether oxygens (including phenoxy) is 2. The molecule has 0 atom stereocenters. The molecule has 0 aliphatic carbocycles. The number of aryl methyl sites for hydroxylation is 2. The number of hydrogen-bond acceptors (Lipinski definition) is 6. The Morgan fingerprint density at radius 2 is 2.12 bits per heavy atom. The summed E-state index contributed by atoms with van der Waals surface area (Å²) in [5, 5.41) is 4.90. The van der Waals surface area contributed by atoms with E-state index < -0.39 is 0 Å². The Balaban J connectivity index is 1.92. The predicted molar refractivity (Wildman–Crippen MR) is 105 cm³/mol. The van der Waals surface area contributed by atoms with Crippen LogP contribution in [0.1, 0.15) is 29.3 Å². The second-order valence-electron chi connectivity index (χ2n) is 5.86. The summed E-state index contributed by atoms with van der Waals surface area (Å²) in [6.07, 6.45) is 3.98. The van der Waals surface area contributed by atoms with Crippen molar-refractivity contribution < 1.29 is 9.47 Å². The Bertz CT molecular complexity index is 1020. The van der Waals surface area contributed by atoms with E-state index in [1.54, 1.807) is 13.3 Å². The molecule has 136 valence electrons. The van der Waals surface area contributed by atoms with Crippen molar-refractivity contribution in [3.8, 4) is 11.5 Å². The average Bonchev–Trinajstić information content (AvgIpc) is 2.94. The normalized spacial score (nSPS) is 11.4. The maximum Gasteiger partial charge on any atom is 0.282 e. The Morgan fingerprint density at radius 1 is 1.31 bits per heavy atom. The van der Waals surface area contributed by atoms with E-state index in [1.165, 1.54) is 22.3 Å². The molecule has 1 aromatic carbocycles. The van der Waals surface area contributed by atoms with Gasteiger partial charge in [-0.05, 0) is 49.6 Å². The van der Waals surface area contributed by atoms with Gasteiger partial charge in [0, 0.05) is 4.88 Å². The molecule has 0 unspecified atom stereocenters. The van der Waals surface area contributed by atoms with Crippen LogP contribution in [-0.4, -0.2) is 29.6 Å². The summed E-state index contributed by atoms with van der Waals surface area (Å²) in [7, 11) is 1.60. The summed E-state index contributed by atoms with van der Waals surface area (Å²) in [6.45, 7) is 6.60. The average molecular weight is 371 g/mol. The van der Waals surface area contributed by atoms with E-state index in [0.717, 1.165) is 27.3 Å². The zero-order chi connectivity index (χ0) is 18.7. The van der Waals surface area contributed by atoms with Gasteiger partial charge < -0.3 is 9.47 Å². The molecule has 0 amide bonds. The summed E-state index contributed by atoms with van der Waals surface area (Å²) < 4.78 is 12.3. The molecule has 26 heavy (non-hydrogen) atoms. The zero-order valence-electron chi connectivity index (χ0n) is 15.3. The smallest absolute Gasteiger partial charge is 0.282 e. The minimum absolute atomic E-state index is 0.164. The SMILES string of the molecule is CCCOc1ccc(/C=N/n2cnc3sc(C)c(C)c3c2=O)cc1OC. The lowest BCUT2D eigenvalue weighted by atomic mass is 10.2. The Morgan fingerprint density at radius 3 is 2.85 bits per heavy atom. The maximum atomic E-state index is 12.7. The van der Waals surface area contributed by atoms with E-state index in [9.17, 15) is 4.79 Å². The van der Waals surface area contributed by atoms with E-state index >= 15 is 0 Å². The first kappa shape index (κ1) is 18.1. The third-order valence-corrected chi connectivity index (χ3v) is 5.17. The molecule has 2 heterocycles. The van der Waals surface area contributed by atoms with E-state index in [2.05, 4.69) is 10.1 Å². The lowest BCUT2D eigenvalue weighted by Gasteiger charge is -2.10. The Labute approximate surface area is 155 Å². The second kappa shape index (κ2) is 7.70. The Kier molecular flexibility index (Phi) is 5.37. The van der Waals surface area contributed by atoms with E-state index in [1.807, 2.05) is 39.0 Å². The lowest BCUT2D eigenvalue weighted by molar-refractivity contribution is 0.294. The van der Waals surface area contributed by atoms with Gasteiger partial charge in [-0.15, -0.1) is 11.3 Å². The van der Waals surface area contributed by atoms with Crippen LogP contribution in [0.5, 0.6) is 11.5 Å². The van der Waals surface area contributed by atoms with E-state index in [0.29, 0.717) is 23.5 Å². The summed E-state index contributed by atoms with van der Waals surface area (Å²) >= 11 is 1.52. The van der Waals surface area contributed by atoms with Crippen LogP contribution in [-0.2, 0) is 0 Å². The predicted octanol–water partition coefficient (Wildman–Crippen LogP) is 3.75. The number of benzene rings is 1. The summed E-state index contributed by atoms with van der Waals surface area (Å²) in [5.74, 6) is 1.32. The van der Waals surface area contributed by atoms with Gasteiger partial charge in [-0.1, -0.05) is 6.92 Å². The molecule has 3 aromatic rings. The molecule has 6 nitrogen and oxygen atoms in total. The monoisotopic (exact) mass is 371 g/mol. The van der Waals surface area contributed by atoms with Gasteiger partial charge in [0.15, 0.2) is 11.5 Å². The van der Waals surface area contributed by atoms with Crippen LogP contribution in [0.3, 0.4) is 0 Å². The van der Waals surface area contributed by atoms with Crippen molar-refractivity contribution in [2.24, 2.45) is 5.10 Å². The van der Waals surface area contributed by atoms with Gasteiger partial charge in [-0.25, -0.2) is 4.98 Å². The summed E-state index contributed by atoms with van der Waals surface area (Å²) in [5.41, 5.74) is 1.60. The minimum Gasteiger partial charge on any atom is -0.493 e. The molecule has 2 aromatic heterocycles. The van der Waals surface area contributed by atoms with Crippen molar-refractivity contribution in [2.75, 3.05) is 13.7 Å². The van der Waals surface area contributed by atoms with Gasteiger partial charge in [0.25, 0.3) is 5.56 Å². The number of rotatable bonds is 6. The largest absolute Gasteiger partial charge is 0.493 e. The molecule has 0 aliphatic rings. The van der Waals surface area contributed by atoms with Crippen molar-refractivity contribution in [3.63, 3.8) is 0 Å². The quantitative estimate of drug-likeness (QED) is 0.619. The number of nitrogens with zero attached hydrogens (tertiary/aromatic N) is 3. The molecule has 0 saturated carbocycles. The summed E-state index contributed by atoms with van der Waals surface area (Å²) in [4.78, 5) is 18.8. The van der Waals surface area contributed by atoms with Gasteiger partial charge in [-0.3, -0.25) is 4.79 Å². The molecule has 0 N–H and O–H groups in total. The molecule has 7 heteroatoms. The van der Waals surface area contributed by atoms with Gasteiger partial charge in [0.2, 0.25) is 0 Å². The number of fused-ring (bicyclic) bond motifs is 1. The highest BCUT2D eigenvalue weighted by atomic mass is 32.1. The number of thiophene rings is 1. The molecule has 3 rings (SSSR count). The lowest BCUT2D eigenvalue weighted by Crippen LogP contribution is -2.16. The van der Waals surface area contributed by atoms with Crippen LogP contribution in [0.4, 0.5) is 0 Å². The molecule has 0 fully saturated rings. The van der Waals surface area contributed by atoms with E-state index in [-0.39, 0.29) is 5.56 Å². The first-order valence-electron chi connectivity index (χ1n) is 8.37. The van der Waals surface area contributed by atoms with Gasteiger partial charge in [0.1, 0.15) is 11.2 Å². The van der Waals surface area contributed by atoms with Crippen LogP contribution >= 0.6 is 11.3 Å². The van der Waals surface area contributed by atoms with Gasteiger partial charge in [0.05, 0.1) is 25.3 Å².